The molecule has 0 heterocycles. The molecule has 176 valence electrons. The Kier molecular flexibility index (Phi) is 8.23. The fourth-order valence-corrected chi connectivity index (χ4v) is 3.18. The molecule has 0 saturated carbocycles. The second-order valence-electron chi connectivity index (χ2n) is 7.32. The van der Waals surface area contributed by atoms with Crippen LogP contribution in [0.2, 0.25) is 0 Å². The summed E-state index contributed by atoms with van der Waals surface area (Å²) in [6.07, 6.45) is -1.06. The highest BCUT2D eigenvalue weighted by molar-refractivity contribution is 5.99. The summed E-state index contributed by atoms with van der Waals surface area (Å²) in [5.41, 5.74) is 2.64. The Balaban J connectivity index is 1.56. The third kappa shape index (κ3) is 6.35. The highest BCUT2D eigenvalue weighted by Gasteiger charge is 2.20. The van der Waals surface area contributed by atoms with E-state index in [4.69, 9.17) is 14.2 Å². The number of para-hydroxylation sites is 1. The average molecular weight is 463 g/mol. The largest absolute Gasteiger partial charge is 0.497 e. The van der Waals surface area contributed by atoms with Crippen molar-refractivity contribution in [3.05, 3.63) is 78.4 Å². The lowest BCUT2D eigenvalue weighted by atomic mass is 10.0. The number of esters is 1. The Labute approximate surface area is 197 Å². The SMILES string of the molecule is COc1cc(OC)cc(C(=O)NCC(=O)OC(C)C(=O)Nc2ccccc2-c2ccccc2)c1. The third-order valence-electron chi connectivity index (χ3n) is 4.95. The van der Waals surface area contributed by atoms with E-state index in [-0.39, 0.29) is 5.56 Å². The van der Waals surface area contributed by atoms with Crippen LogP contribution in [0.1, 0.15) is 17.3 Å². The van der Waals surface area contributed by atoms with Crippen LogP contribution in [0.15, 0.2) is 72.8 Å². The van der Waals surface area contributed by atoms with E-state index in [9.17, 15) is 14.4 Å². The zero-order chi connectivity index (χ0) is 24.5. The summed E-state index contributed by atoms with van der Waals surface area (Å²) in [4.78, 5) is 37.3. The Morgan fingerprint density at radius 3 is 2.12 bits per heavy atom. The first-order valence-corrected chi connectivity index (χ1v) is 10.6. The van der Waals surface area contributed by atoms with Gasteiger partial charge in [0.05, 0.1) is 14.2 Å². The highest BCUT2D eigenvalue weighted by Crippen LogP contribution is 2.27. The van der Waals surface area contributed by atoms with Gasteiger partial charge in [0.15, 0.2) is 6.10 Å². The van der Waals surface area contributed by atoms with E-state index in [0.29, 0.717) is 17.2 Å². The number of methoxy groups -OCH3 is 2. The molecule has 8 heteroatoms. The molecule has 0 spiro atoms. The topological polar surface area (TPSA) is 103 Å². The number of ether oxygens (including phenoxy) is 3. The van der Waals surface area contributed by atoms with Gasteiger partial charge >= 0.3 is 5.97 Å². The molecular weight excluding hydrogens is 436 g/mol. The van der Waals surface area contributed by atoms with Crippen molar-refractivity contribution in [3.63, 3.8) is 0 Å². The molecule has 0 radical (unpaired) electrons. The zero-order valence-electron chi connectivity index (χ0n) is 19.2. The molecule has 34 heavy (non-hydrogen) atoms. The molecule has 2 N–H and O–H groups in total. The lowest BCUT2D eigenvalue weighted by Gasteiger charge is -2.16. The summed E-state index contributed by atoms with van der Waals surface area (Å²) < 4.78 is 15.5. The van der Waals surface area contributed by atoms with Crippen molar-refractivity contribution < 1.29 is 28.6 Å². The van der Waals surface area contributed by atoms with Gasteiger partial charge in [-0.2, -0.15) is 0 Å². The molecule has 3 aromatic rings. The second kappa shape index (κ2) is 11.5. The molecule has 3 aromatic carbocycles. The molecule has 0 aliphatic rings. The van der Waals surface area contributed by atoms with Crippen molar-refractivity contribution in [3.8, 4) is 22.6 Å². The third-order valence-corrected chi connectivity index (χ3v) is 4.95. The van der Waals surface area contributed by atoms with Gasteiger partial charge in [0, 0.05) is 22.9 Å². The van der Waals surface area contributed by atoms with Gasteiger partial charge in [0.25, 0.3) is 11.8 Å². The lowest BCUT2D eigenvalue weighted by Crippen LogP contribution is -2.35. The zero-order valence-corrected chi connectivity index (χ0v) is 19.2. The minimum Gasteiger partial charge on any atom is -0.497 e. The van der Waals surface area contributed by atoms with Gasteiger partial charge in [-0.15, -0.1) is 0 Å². The predicted octanol–water partition coefficient (Wildman–Crippen LogP) is 3.67. The van der Waals surface area contributed by atoms with E-state index in [1.807, 2.05) is 48.5 Å². The smallest absolute Gasteiger partial charge is 0.326 e. The molecule has 1 unspecified atom stereocenters. The molecule has 1 atom stereocenters. The first kappa shape index (κ1) is 24.3. The molecule has 0 saturated heterocycles. The lowest BCUT2D eigenvalue weighted by molar-refractivity contribution is -0.152. The van der Waals surface area contributed by atoms with Crippen LogP contribution in [0.4, 0.5) is 5.69 Å². The van der Waals surface area contributed by atoms with Crippen LogP contribution in [-0.2, 0) is 14.3 Å². The van der Waals surface area contributed by atoms with Crippen molar-refractivity contribution in [2.75, 3.05) is 26.1 Å². The summed E-state index contributed by atoms with van der Waals surface area (Å²) in [5, 5.41) is 5.27. The molecule has 0 aliphatic heterocycles. The number of rotatable bonds is 9. The minimum absolute atomic E-state index is 0.257. The number of carbonyl (C=O) groups is 3. The van der Waals surface area contributed by atoms with Crippen LogP contribution < -0.4 is 20.1 Å². The quantitative estimate of drug-likeness (QED) is 0.471. The number of benzene rings is 3. The fourth-order valence-electron chi connectivity index (χ4n) is 3.18. The van der Waals surface area contributed by atoms with Gasteiger partial charge in [-0.1, -0.05) is 48.5 Å². The minimum atomic E-state index is -1.06. The Bertz CT molecular complexity index is 1140. The molecule has 2 amide bonds. The van der Waals surface area contributed by atoms with E-state index in [0.717, 1.165) is 11.1 Å². The number of amides is 2. The van der Waals surface area contributed by atoms with Crippen molar-refractivity contribution >= 4 is 23.5 Å². The van der Waals surface area contributed by atoms with Crippen LogP contribution in [0.3, 0.4) is 0 Å². The Morgan fingerprint density at radius 1 is 0.853 bits per heavy atom. The summed E-state index contributed by atoms with van der Waals surface area (Å²) in [7, 11) is 2.94. The molecule has 0 aromatic heterocycles. The maximum Gasteiger partial charge on any atom is 0.326 e. The maximum atomic E-state index is 12.6. The van der Waals surface area contributed by atoms with Gasteiger partial charge in [-0.25, -0.2) is 0 Å². The van der Waals surface area contributed by atoms with Gasteiger partial charge < -0.3 is 24.8 Å². The van der Waals surface area contributed by atoms with Crippen LogP contribution in [0.5, 0.6) is 11.5 Å². The number of carbonyl (C=O) groups excluding carboxylic acids is 3. The van der Waals surface area contributed by atoms with Gasteiger partial charge in [0.1, 0.15) is 18.0 Å². The molecule has 3 rings (SSSR count). The summed E-state index contributed by atoms with van der Waals surface area (Å²) in [6.45, 7) is 1.06. The van der Waals surface area contributed by atoms with Crippen LogP contribution in [-0.4, -0.2) is 44.7 Å². The van der Waals surface area contributed by atoms with E-state index >= 15 is 0 Å². The van der Waals surface area contributed by atoms with E-state index in [2.05, 4.69) is 10.6 Å². The number of anilines is 1. The number of hydrogen-bond donors (Lipinski definition) is 2. The highest BCUT2D eigenvalue weighted by atomic mass is 16.5. The molecule has 8 nitrogen and oxygen atoms in total. The first-order chi connectivity index (χ1) is 16.4. The van der Waals surface area contributed by atoms with Crippen molar-refractivity contribution in [1.29, 1.82) is 0 Å². The van der Waals surface area contributed by atoms with Crippen molar-refractivity contribution in [2.45, 2.75) is 13.0 Å². The summed E-state index contributed by atoms with van der Waals surface area (Å²) in [5.74, 6) is -0.868. The monoisotopic (exact) mass is 462 g/mol. The van der Waals surface area contributed by atoms with E-state index in [1.54, 1.807) is 12.1 Å². The van der Waals surface area contributed by atoms with Gasteiger partial charge in [0.2, 0.25) is 0 Å². The predicted molar refractivity (Wildman–Crippen MR) is 128 cm³/mol. The first-order valence-electron chi connectivity index (χ1n) is 10.6. The van der Waals surface area contributed by atoms with Crippen LogP contribution >= 0.6 is 0 Å². The van der Waals surface area contributed by atoms with Crippen molar-refractivity contribution in [1.82, 2.24) is 5.32 Å². The Hall–Kier alpha value is -4.33. The number of nitrogens with one attached hydrogen (secondary N) is 2. The average Bonchev–Trinajstić information content (AvgIpc) is 2.87. The molecular formula is C26H26N2O6. The normalized spacial score (nSPS) is 11.1. The van der Waals surface area contributed by atoms with E-state index < -0.39 is 30.4 Å². The Morgan fingerprint density at radius 2 is 1.47 bits per heavy atom. The summed E-state index contributed by atoms with van der Waals surface area (Å²) >= 11 is 0. The second-order valence-corrected chi connectivity index (χ2v) is 7.32. The molecule has 0 bridgehead atoms. The fraction of sp³-hybridized carbons (Fsp3) is 0.192. The maximum absolute atomic E-state index is 12.6. The van der Waals surface area contributed by atoms with Gasteiger partial charge in [-0.3, -0.25) is 14.4 Å². The standard InChI is InChI=1S/C26H26N2O6/c1-17(25(30)28-23-12-8-7-11-22(23)18-9-5-4-6-10-18)34-24(29)16-27-26(31)19-13-20(32-2)15-21(14-19)33-3/h4-15,17H,16H2,1-3H3,(H,27,31)(H,28,30). The van der Waals surface area contributed by atoms with Crippen LogP contribution in [0.25, 0.3) is 11.1 Å². The molecule has 0 aliphatic carbocycles. The van der Waals surface area contributed by atoms with Crippen LogP contribution in [0, 0.1) is 0 Å². The summed E-state index contributed by atoms with van der Waals surface area (Å²) in [6, 6.07) is 21.6. The van der Waals surface area contributed by atoms with Gasteiger partial charge in [-0.05, 0) is 30.7 Å². The van der Waals surface area contributed by atoms with Crippen molar-refractivity contribution in [2.24, 2.45) is 0 Å². The number of hydrogen-bond acceptors (Lipinski definition) is 6. The van der Waals surface area contributed by atoms with E-state index in [1.165, 1.54) is 33.3 Å². The molecule has 0 fully saturated rings.